The van der Waals surface area contributed by atoms with E-state index in [1.54, 1.807) is 0 Å². The highest BCUT2D eigenvalue weighted by atomic mass is 15.1. The van der Waals surface area contributed by atoms with E-state index in [1.165, 1.54) is 24.0 Å². The van der Waals surface area contributed by atoms with Crippen molar-refractivity contribution < 1.29 is 0 Å². The molecule has 1 aromatic rings. The zero-order valence-electron chi connectivity index (χ0n) is 8.06. The van der Waals surface area contributed by atoms with Gasteiger partial charge in [-0.05, 0) is 41.8 Å². The van der Waals surface area contributed by atoms with Crippen molar-refractivity contribution >= 4 is 0 Å². The Morgan fingerprint density at radius 1 is 1.43 bits per heavy atom. The maximum absolute atomic E-state index is 8.30. The van der Waals surface area contributed by atoms with E-state index in [1.807, 2.05) is 0 Å². The molecule has 0 heterocycles. The van der Waals surface area contributed by atoms with Crippen LogP contribution in [0.15, 0.2) is 29.4 Å². The van der Waals surface area contributed by atoms with Crippen molar-refractivity contribution in [3.8, 4) is 0 Å². The van der Waals surface area contributed by atoms with Crippen molar-refractivity contribution in [3.05, 3.63) is 45.8 Å². The number of benzene rings is 1. The summed E-state index contributed by atoms with van der Waals surface area (Å²) in [6.07, 6.45) is 3.53. The standard InChI is InChI=1S/C11H13N3/c12-14-13-8-10-6-3-5-9-4-1-2-7-11(9)10/h1-2,4,7,10H,3,5-6,8H2. The minimum Gasteiger partial charge on any atom is -0.0933 e. The van der Waals surface area contributed by atoms with Gasteiger partial charge >= 0.3 is 0 Å². The number of hydrogen-bond donors (Lipinski definition) is 0. The van der Waals surface area contributed by atoms with Crippen LogP contribution < -0.4 is 0 Å². The molecule has 1 atom stereocenters. The third-order valence-corrected chi connectivity index (χ3v) is 2.86. The van der Waals surface area contributed by atoms with E-state index >= 15 is 0 Å². The lowest BCUT2D eigenvalue weighted by Gasteiger charge is -2.23. The summed E-state index contributed by atoms with van der Waals surface area (Å²) >= 11 is 0. The molecule has 0 saturated heterocycles. The van der Waals surface area contributed by atoms with Crippen LogP contribution >= 0.6 is 0 Å². The van der Waals surface area contributed by atoms with Gasteiger partial charge in [-0.15, -0.1) is 0 Å². The van der Waals surface area contributed by atoms with Crippen LogP contribution in [0.3, 0.4) is 0 Å². The van der Waals surface area contributed by atoms with E-state index < -0.39 is 0 Å². The van der Waals surface area contributed by atoms with Crippen LogP contribution in [0, 0.1) is 0 Å². The summed E-state index contributed by atoms with van der Waals surface area (Å²) in [6, 6.07) is 8.48. The molecule has 0 aromatic heterocycles. The largest absolute Gasteiger partial charge is 0.0933 e. The van der Waals surface area contributed by atoms with Crippen molar-refractivity contribution in [2.45, 2.75) is 25.2 Å². The molecule has 1 aromatic carbocycles. The summed E-state index contributed by atoms with van der Waals surface area (Å²) in [5.74, 6) is 0.441. The molecule has 0 N–H and O–H groups in total. The maximum atomic E-state index is 8.30. The molecule has 0 aliphatic heterocycles. The Morgan fingerprint density at radius 3 is 3.14 bits per heavy atom. The fraction of sp³-hybridized carbons (Fsp3) is 0.455. The highest BCUT2D eigenvalue weighted by Gasteiger charge is 2.18. The second-order valence-electron chi connectivity index (χ2n) is 3.70. The monoisotopic (exact) mass is 187 g/mol. The molecule has 0 radical (unpaired) electrons. The van der Waals surface area contributed by atoms with Crippen molar-refractivity contribution in [2.75, 3.05) is 6.54 Å². The Bertz CT molecular complexity index is 367. The predicted molar refractivity (Wildman–Crippen MR) is 56.1 cm³/mol. The van der Waals surface area contributed by atoms with Crippen LogP contribution in [0.1, 0.15) is 29.9 Å². The molecule has 2 rings (SSSR count). The molecule has 1 aliphatic rings. The summed E-state index contributed by atoms with van der Waals surface area (Å²) in [7, 11) is 0. The van der Waals surface area contributed by atoms with Gasteiger partial charge in [0.2, 0.25) is 0 Å². The molecular weight excluding hydrogens is 174 g/mol. The molecule has 1 aliphatic carbocycles. The molecule has 14 heavy (non-hydrogen) atoms. The van der Waals surface area contributed by atoms with Crippen LogP contribution in [-0.2, 0) is 6.42 Å². The number of nitrogens with zero attached hydrogens (tertiary/aromatic N) is 3. The average molecular weight is 187 g/mol. The Kier molecular flexibility index (Phi) is 2.70. The fourth-order valence-electron chi connectivity index (χ4n) is 2.18. The van der Waals surface area contributed by atoms with Gasteiger partial charge in [-0.3, -0.25) is 0 Å². The minimum atomic E-state index is 0.441. The molecule has 3 nitrogen and oxygen atoms in total. The lowest BCUT2D eigenvalue weighted by atomic mass is 9.83. The molecule has 0 saturated carbocycles. The zero-order chi connectivity index (χ0) is 9.80. The topological polar surface area (TPSA) is 48.8 Å². The van der Waals surface area contributed by atoms with E-state index in [2.05, 4.69) is 34.3 Å². The third kappa shape index (κ3) is 1.73. The van der Waals surface area contributed by atoms with Gasteiger partial charge in [0.15, 0.2) is 0 Å². The van der Waals surface area contributed by atoms with Gasteiger partial charge in [0.1, 0.15) is 0 Å². The Morgan fingerprint density at radius 2 is 2.29 bits per heavy atom. The number of rotatable bonds is 2. The van der Waals surface area contributed by atoms with Crippen molar-refractivity contribution in [3.63, 3.8) is 0 Å². The zero-order valence-corrected chi connectivity index (χ0v) is 8.06. The SMILES string of the molecule is [N-]=[N+]=NCC1CCCc2ccccc21. The summed E-state index contributed by atoms with van der Waals surface area (Å²) in [4.78, 5) is 2.83. The number of hydrogen-bond acceptors (Lipinski definition) is 1. The molecule has 3 heteroatoms. The minimum absolute atomic E-state index is 0.441. The molecule has 0 spiro atoms. The van der Waals surface area contributed by atoms with Crippen LogP contribution in [0.25, 0.3) is 10.4 Å². The molecule has 0 amide bonds. The first kappa shape index (κ1) is 9.10. The lowest BCUT2D eigenvalue weighted by Crippen LogP contribution is -2.11. The summed E-state index contributed by atoms with van der Waals surface area (Å²) in [5, 5.41) is 3.67. The lowest BCUT2D eigenvalue weighted by molar-refractivity contribution is 0.560. The summed E-state index contributed by atoms with van der Waals surface area (Å²) in [6.45, 7) is 0.605. The quantitative estimate of drug-likeness (QED) is 0.387. The third-order valence-electron chi connectivity index (χ3n) is 2.86. The van der Waals surface area contributed by atoms with E-state index in [9.17, 15) is 0 Å². The second-order valence-corrected chi connectivity index (χ2v) is 3.70. The van der Waals surface area contributed by atoms with Gasteiger partial charge in [-0.1, -0.05) is 29.4 Å². The van der Waals surface area contributed by atoms with Gasteiger partial charge < -0.3 is 0 Å². The van der Waals surface area contributed by atoms with E-state index in [-0.39, 0.29) is 0 Å². The van der Waals surface area contributed by atoms with Gasteiger partial charge in [-0.25, -0.2) is 0 Å². The van der Waals surface area contributed by atoms with Gasteiger partial charge in [0.05, 0.1) is 0 Å². The highest BCUT2D eigenvalue weighted by molar-refractivity contribution is 5.32. The Hall–Kier alpha value is -1.47. The first-order valence-corrected chi connectivity index (χ1v) is 5.00. The van der Waals surface area contributed by atoms with Crippen molar-refractivity contribution in [1.82, 2.24) is 0 Å². The summed E-state index contributed by atoms with van der Waals surface area (Å²) < 4.78 is 0. The first-order valence-electron chi connectivity index (χ1n) is 5.00. The fourth-order valence-corrected chi connectivity index (χ4v) is 2.18. The van der Waals surface area contributed by atoms with Crippen LogP contribution in [-0.4, -0.2) is 6.54 Å². The van der Waals surface area contributed by atoms with Gasteiger partial charge in [-0.2, -0.15) is 0 Å². The molecule has 72 valence electrons. The van der Waals surface area contributed by atoms with Gasteiger partial charge in [0, 0.05) is 11.5 Å². The second kappa shape index (κ2) is 4.16. The average Bonchev–Trinajstić information content (AvgIpc) is 2.26. The summed E-state index contributed by atoms with van der Waals surface area (Å²) in [5.41, 5.74) is 11.1. The van der Waals surface area contributed by atoms with E-state index in [0.29, 0.717) is 12.5 Å². The Balaban J connectivity index is 2.26. The first-order chi connectivity index (χ1) is 6.92. The van der Waals surface area contributed by atoms with Crippen molar-refractivity contribution in [2.24, 2.45) is 5.11 Å². The maximum Gasteiger partial charge on any atom is 0.0326 e. The number of fused-ring (bicyclic) bond motifs is 1. The molecule has 1 unspecified atom stereocenters. The Labute approximate surface area is 83.4 Å². The van der Waals surface area contributed by atoms with E-state index in [0.717, 1.165) is 6.42 Å². The number of azide groups is 1. The van der Waals surface area contributed by atoms with Crippen LogP contribution in [0.5, 0.6) is 0 Å². The van der Waals surface area contributed by atoms with E-state index in [4.69, 9.17) is 5.53 Å². The van der Waals surface area contributed by atoms with Crippen LogP contribution in [0.2, 0.25) is 0 Å². The molecule has 0 bridgehead atoms. The predicted octanol–water partition coefficient (Wildman–Crippen LogP) is 3.42. The molecular formula is C11H13N3. The van der Waals surface area contributed by atoms with Crippen LogP contribution in [0.4, 0.5) is 0 Å². The normalized spacial score (nSPS) is 19.6. The number of aryl methyl sites for hydroxylation is 1. The highest BCUT2D eigenvalue weighted by Crippen LogP contribution is 2.31. The van der Waals surface area contributed by atoms with Gasteiger partial charge in [0.25, 0.3) is 0 Å². The smallest absolute Gasteiger partial charge is 0.0326 e. The molecule has 0 fully saturated rings. The van der Waals surface area contributed by atoms with Crippen molar-refractivity contribution in [1.29, 1.82) is 0 Å².